The fourth-order valence-electron chi connectivity index (χ4n) is 2.24. The third kappa shape index (κ3) is 4.41. The summed E-state index contributed by atoms with van der Waals surface area (Å²) in [5.74, 6) is -1.23. The van der Waals surface area contributed by atoms with E-state index in [4.69, 9.17) is 10.8 Å². The van der Waals surface area contributed by atoms with E-state index in [1.807, 2.05) is 54.6 Å². The van der Waals surface area contributed by atoms with Gasteiger partial charge in [-0.1, -0.05) is 54.6 Å². The number of carbonyl (C=O) groups is 1. The van der Waals surface area contributed by atoms with Crippen molar-refractivity contribution in [3.8, 4) is 11.1 Å². The number of aliphatic hydroxyl groups excluding tert-OH is 1. The Kier molecular flexibility index (Phi) is 5.09. The highest BCUT2D eigenvalue weighted by Crippen LogP contribution is 2.19. The molecule has 0 aliphatic rings. The molecule has 0 unspecified atom stereocenters. The molecule has 21 heavy (non-hydrogen) atoms. The molecule has 0 aromatic heterocycles. The molecule has 0 radical (unpaired) electrons. The Morgan fingerprint density at radius 2 is 1.57 bits per heavy atom. The molecule has 0 bridgehead atoms. The second-order valence-electron chi connectivity index (χ2n) is 5.12. The van der Waals surface area contributed by atoms with E-state index in [0.717, 1.165) is 16.7 Å². The minimum Gasteiger partial charge on any atom is -0.479 e. The Morgan fingerprint density at radius 3 is 2.14 bits per heavy atom. The molecule has 0 aliphatic carbocycles. The minimum absolute atomic E-state index is 0.0514. The van der Waals surface area contributed by atoms with E-state index in [1.54, 1.807) is 0 Å². The first-order valence-electron chi connectivity index (χ1n) is 6.87. The molecule has 0 fully saturated rings. The van der Waals surface area contributed by atoms with Crippen LogP contribution in [0.1, 0.15) is 12.0 Å². The average Bonchev–Trinajstić information content (AvgIpc) is 2.48. The van der Waals surface area contributed by atoms with Crippen molar-refractivity contribution in [1.82, 2.24) is 0 Å². The van der Waals surface area contributed by atoms with Gasteiger partial charge in [0.2, 0.25) is 0 Å². The molecule has 4 heteroatoms. The van der Waals surface area contributed by atoms with Gasteiger partial charge in [-0.25, -0.2) is 4.79 Å². The van der Waals surface area contributed by atoms with Crippen LogP contribution >= 0.6 is 0 Å². The van der Waals surface area contributed by atoms with Crippen LogP contribution in [0.4, 0.5) is 0 Å². The Morgan fingerprint density at radius 1 is 1.00 bits per heavy atom. The van der Waals surface area contributed by atoms with Gasteiger partial charge in [0.1, 0.15) is 0 Å². The number of aliphatic hydroxyl groups is 1. The van der Waals surface area contributed by atoms with Crippen LogP contribution in [0.2, 0.25) is 0 Å². The SMILES string of the molecule is N[C@H](Cc1ccc(-c2ccccc2)cc1)C[C@@H](O)C(=O)O. The molecule has 0 saturated heterocycles. The Hall–Kier alpha value is -2.17. The third-order valence-corrected chi connectivity index (χ3v) is 3.37. The van der Waals surface area contributed by atoms with Crippen LogP contribution in [0.3, 0.4) is 0 Å². The van der Waals surface area contributed by atoms with Crippen molar-refractivity contribution < 1.29 is 15.0 Å². The van der Waals surface area contributed by atoms with E-state index in [-0.39, 0.29) is 12.5 Å². The molecule has 2 aromatic carbocycles. The van der Waals surface area contributed by atoms with Crippen molar-refractivity contribution in [3.63, 3.8) is 0 Å². The summed E-state index contributed by atoms with van der Waals surface area (Å²) in [4.78, 5) is 10.6. The molecule has 0 amide bonds. The lowest BCUT2D eigenvalue weighted by atomic mass is 9.98. The molecular formula is C17H19NO3. The lowest BCUT2D eigenvalue weighted by molar-refractivity contribution is -0.147. The van der Waals surface area contributed by atoms with E-state index in [0.29, 0.717) is 6.42 Å². The van der Waals surface area contributed by atoms with Crippen molar-refractivity contribution >= 4 is 5.97 Å². The van der Waals surface area contributed by atoms with Crippen LogP contribution in [0.5, 0.6) is 0 Å². The van der Waals surface area contributed by atoms with Gasteiger partial charge >= 0.3 is 5.97 Å². The monoisotopic (exact) mass is 285 g/mol. The van der Waals surface area contributed by atoms with Crippen LogP contribution < -0.4 is 5.73 Å². The molecule has 2 atom stereocenters. The van der Waals surface area contributed by atoms with Crippen molar-refractivity contribution in [2.45, 2.75) is 25.0 Å². The van der Waals surface area contributed by atoms with Crippen molar-refractivity contribution in [3.05, 3.63) is 60.2 Å². The maximum atomic E-state index is 10.6. The number of rotatable bonds is 6. The predicted molar refractivity (Wildman–Crippen MR) is 81.8 cm³/mol. The highest BCUT2D eigenvalue weighted by Gasteiger charge is 2.17. The van der Waals surface area contributed by atoms with E-state index < -0.39 is 12.1 Å². The van der Waals surface area contributed by atoms with Gasteiger partial charge in [-0.2, -0.15) is 0 Å². The summed E-state index contributed by atoms with van der Waals surface area (Å²) in [7, 11) is 0. The summed E-state index contributed by atoms with van der Waals surface area (Å²) >= 11 is 0. The van der Waals surface area contributed by atoms with Crippen molar-refractivity contribution in [1.29, 1.82) is 0 Å². The lowest BCUT2D eigenvalue weighted by Gasteiger charge is -2.14. The third-order valence-electron chi connectivity index (χ3n) is 3.37. The highest BCUT2D eigenvalue weighted by atomic mass is 16.4. The molecule has 2 aromatic rings. The van der Waals surface area contributed by atoms with Crippen LogP contribution in [-0.4, -0.2) is 28.3 Å². The van der Waals surface area contributed by atoms with Crippen molar-refractivity contribution in [2.75, 3.05) is 0 Å². The van der Waals surface area contributed by atoms with Gasteiger partial charge in [-0.15, -0.1) is 0 Å². The second kappa shape index (κ2) is 7.02. The van der Waals surface area contributed by atoms with Crippen molar-refractivity contribution in [2.24, 2.45) is 5.73 Å². The molecule has 0 heterocycles. The molecule has 0 aliphatic heterocycles. The number of benzene rings is 2. The first-order chi connectivity index (χ1) is 10.1. The number of hydrogen-bond donors (Lipinski definition) is 3. The fraction of sp³-hybridized carbons (Fsp3) is 0.235. The second-order valence-corrected chi connectivity index (χ2v) is 5.12. The topological polar surface area (TPSA) is 83.5 Å². The Labute approximate surface area is 123 Å². The maximum absolute atomic E-state index is 10.6. The lowest BCUT2D eigenvalue weighted by Crippen LogP contribution is -2.32. The first-order valence-corrected chi connectivity index (χ1v) is 6.87. The zero-order chi connectivity index (χ0) is 15.2. The molecule has 0 saturated carbocycles. The van der Waals surface area contributed by atoms with E-state index >= 15 is 0 Å². The number of hydrogen-bond acceptors (Lipinski definition) is 3. The van der Waals surface area contributed by atoms with Crippen LogP contribution in [-0.2, 0) is 11.2 Å². The van der Waals surface area contributed by atoms with E-state index in [9.17, 15) is 9.90 Å². The van der Waals surface area contributed by atoms with Gasteiger partial charge in [-0.3, -0.25) is 0 Å². The molecule has 4 N–H and O–H groups in total. The van der Waals surface area contributed by atoms with E-state index in [1.165, 1.54) is 0 Å². The molecule has 110 valence electrons. The average molecular weight is 285 g/mol. The van der Waals surface area contributed by atoms with Gasteiger partial charge < -0.3 is 15.9 Å². The van der Waals surface area contributed by atoms with Gasteiger partial charge in [-0.05, 0) is 29.5 Å². The zero-order valence-electron chi connectivity index (χ0n) is 11.6. The zero-order valence-corrected chi connectivity index (χ0v) is 11.6. The minimum atomic E-state index is -1.40. The Balaban J connectivity index is 1.98. The summed E-state index contributed by atoms with van der Waals surface area (Å²) in [5.41, 5.74) is 9.17. The van der Waals surface area contributed by atoms with Gasteiger partial charge in [0.15, 0.2) is 6.10 Å². The predicted octanol–water partition coefficient (Wildman–Crippen LogP) is 2.06. The number of aliphatic carboxylic acids is 1. The smallest absolute Gasteiger partial charge is 0.332 e. The summed E-state index contributed by atoms with van der Waals surface area (Å²) in [6, 6.07) is 17.7. The largest absolute Gasteiger partial charge is 0.479 e. The molecule has 2 rings (SSSR count). The van der Waals surface area contributed by atoms with Crippen LogP contribution in [0.15, 0.2) is 54.6 Å². The van der Waals surface area contributed by atoms with Crippen LogP contribution in [0, 0.1) is 0 Å². The first kappa shape index (κ1) is 15.2. The normalized spacial score (nSPS) is 13.6. The highest BCUT2D eigenvalue weighted by molar-refractivity contribution is 5.71. The molecular weight excluding hydrogens is 266 g/mol. The molecule has 4 nitrogen and oxygen atoms in total. The maximum Gasteiger partial charge on any atom is 0.332 e. The fourth-order valence-corrected chi connectivity index (χ4v) is 2.24. The van der Waals surface area contributed by atoms with E-state index in [2.05, 4.69) is 0 Å². The van der Waals surface area contributed by atoms with Gasteiger partial charge in [0, 0.05) is 6.04 Å². The molecule has 0 spiro atoms. The Bertz CT molecular complexity index is 581. The van der Waals surface area contributed by atoms with Gasteiger partial charge in [0.25, 0.3) is 0 Å². The summed E-state index contributed by atoms with van der Waals surface area (Å²) in [6.07, 6.45) is -0.807. The quantitative estimate of drug-likeness (QED) is 0.758. The summed E-state index contributed by atoms with van der Waals surface area (Å²) < 4.78 is 0. The standard InChI is InChI=1S/C17H19NO3/c18-15(11-16(19)17(20)21)10-12-6-8-14(9-7-12)13-4-2-1-3-5-13/h1-9,15-16,19H,10-11,18H2,(H,20,21)/t15-,16-/m1/s1. The summed E-state index contributed by atoms with van der Waals surface area (Å²) in [5, 5.41) is 17.9. The number of nitrogens with two attached hydrogens (primary N) is 1. The van der Waals surface area contributed by atoms with Crippen LogP contribution in [0.25, 0.3) is 11.1 Å². The summed E-state index contributed by atoms with van der Waals surface area (Å²) in [6.45, 7) is 0. The number of carboxylic acid groups (broad SMARTS) is 1. The van der Waals surface area contributed by atoms with Gasteiger partial charge in [0.05, 0.1) is 0 Å². The number of carboxylic acids is 1.